The number of piperazine rings is 1. The summed E-state index contributed by atoms with van der Waals surface area (Å²) in [5, 5.41) is 3.64. The van der Waals surface area contributed by atoms with Crippen LogP contribution in [0.3, 0.4) is 0 Å². The SMILES string of the molecule is Cc1c2c(cc3c1OCO3)C1=CC[C@@]3(C)[C@@H]4C[C@](C)(NC(=O)N5CCN(CCN6CCOCC6)CC5)CC[C@]4(C)CC[C@]3(C)[C@]1(C)C=C2. The molecule has 4 fully saturated rings. The third kappa shape index (κ3) is 4.90. The second-order valence-electron chi connectivity index (χ2n) is 17.5. The van der Waals surface area contributed by atoms with E-state index in [1.807, 2.05) is 0 Å². The molecule has 8 heteroatoms. The smallest absolute Gasteiger partial charge is 0.317 e. The molecule has 0 spiro atoms. The average molecular weight is 659 g/mol. The first-order valence-corrected chi connectivity index (χ1v) is 18.8. The molecule has 6 atom stereocenters. The van der Waals surface area contributed by atoms with Crippen molar-refractivity contribution in [2.75, 3.05) is 72.4 Å². The number of fused-ring (bicyclic) bond motifs is 8. The van der Waals surface area contributed by atoms with Crippen molar-refractivity contribution in [3.05, 3.63) is 34.9 Å². The molecule has 2 saturated carbocycles. The van der Waals surface area contributed by atoms with Crippen molar-refractivity contribution in [2.45, 2.75) is 85.6 Å². The molecule has 0 radical (unpaired) electrons. The number of hydrogen-bond acceptors (Lipinski definition) is 6. The van der Waals surface area contributed by atoms with Crippen LogP contribution in [0.1, 0.15) is 89.8 Å². The lowest BCUT2D eigenvalue weighted by Crippen LogP contribution is -2.66. The van der Waals surface area contributed by atoms with Gasteiger partial charge in [-0.3, -0.25) is 9.80 Å². The molecule has 8 rings (SSSR count). The van der Waals surface area contributed by atoms with Gasteiger partial charge >= 0.3 is 6.03 Å². The predicted molar refractivity (Wildman–Crippen MR) is 190 cm³/mol. The number of benzene rings is 1. The van der Waals surface area contributed by atoms with Crippen LogP contribution in [-0.4, -0.2) is 98.6 Å². The van der Waals surface area contributed by atoms with E-state index < -0.39 is 0 Å². The first kappa shape index (κ1) is 32.6. The summed E-state index contributed by atoms with van der Waals surface area (Å²) in [5.41, 5.74) is 5.41. The minimum atomic E-state index is -0.203. The Kier molecular flexibility index (Phi) is 7.82. The Labute approximate surface area is 288 Å². The molecule has 48 heavy (non-hydrogen) atoms. The number of amides is 2. The first-order valence-electron chi connectivity index (χ1n) is 18.8. The summed E-state index contributed by atoms with van der Waals surface area (Å²) >= 11 is 0. The molecular weight excluding hydrogens is 600 g/mol. The largest absolute Gasteiger partial charge is 0.454 e. The van der Waals surface area contributed by atoms with Crippen LogP contribution in [0.5, 0.6) is 11.5 Å². The molecule has 1 N–H and O–H groups in total. The van der Waals surface area contributed by atoms with E-state index >= 15 is 0 Å². The minimum absolute atomic E-state index is 0.0759. The number of allylic oxidation sites excluding steroid dienone is 3. The molecule has 262 valence electrons. The third-order valence-corrected chi connectivity index (χ3v) is 15.1. The monoisotopic (exact) mass is 658 g/mol. The summed E-state index contributed by atoms with van der Waals surface area (Å²) in [7, 11) is 0. The molecule has 1 aromatic rings. The van der Waals surface area contributed by atoms with Crippen LogP contribution >= 0.6 is 0 Å². The van der Waals surface area contributed by atoms with Gasteiger partial charge in [0.05, 0.1) is 13.2 Å². The quantitative estimate of drug-likeness (QED) is 0.395. The Morgan fingerprint density at radius 2 is 1.62 bits per heavy atom. The first-order chi connectivity index (χ1) is 22.9. The van der Waals surface area contributed by atoms with Crippen molar-refractivity contribution in [3.8, 4) is 11.5 Å². The molecule has 3 aliphatic heterocycles. The van der Waals surface area contributed by atoms with Crippen LogP contribution in [-0.2, 0) is 4.74 Å². The number of hydrogen-bond donors (Lipinski definition) is 1. The molecule has 7 aliphatic rings. The van der Waals surface area contributed by atoms with Gasteiger partial charge in [-0.25, -0.2) is 4.79 Å². The molecule has 0 bridgehead atoms. The van der Waals surface area contributed by atoms with E-state index in [2.05, 4.69) is 85.9 Å². The summed E-state index contributed by atoms with van der Waals surface area (Å²) in [5.74, 6) is 2.30. The highest BCUT2D eigenvalue weighted by molar-refractivity contribution is 5.88. The Morgan fingerprint density at radius 3 is 2.38 bits per heavy atom. The van der Waals surface area contributed by atoms with Gasteiger partial charge in [-0.15, -0.1) is 0 Å². The van der Waals surface area contributed by atoms with Gasteiger partial charge < -0.3 is 24.4 Å². The fraction of sp³-hybridized carbons (Fsp3) is 0.725. The average Bonchev–Trinajstić information content (AvgIpc) is 3.56. The van der Waals surface area contributed by atoms with Crippen LogP contribution in [0.25, 0.3) is 11.6 Å². The van der Waals surface area contributed by atoms with Crippen molar-refractivity contribution < 1.29 is 19.0 Å². The van der Waals surface area contributed by atoms with Gasteiger partial charge in [0.25, 0.3) is 0 Å². The van der Waals surface area contributed by atoms with E-state index in [4.69, 9.17) is 14.2 Å². The standard InChI is InChI=1S/C40H58N4O4/c1-28-29-7-9-38(4)31(30(29)25-32-34(28)48-27-47-32)8-10-39(5)33-26-37(3,13-11-36(33,2)12-14-40(38,39)6)41-35(45)44-19-17-42(18-20-44)15-16-43-21-23-46-24-22-43/h7-9,25,33H,10-24,26-27H2,1-6H3,(H,41,45)/t33-,36-,37-,38-,39+,40-/m1/s1. The topological polar surface area (TPSA) is 66.5 Å². The van der Waals surface area contributed by atoms with Gasteiger partial charge in [0.2, 0.25) is 6.79 Å². The number of carbonyl (C=O) groups is 1. The number of morpholine rings is 1. The number of rotatable bonds is 4. The summed E-state index contributed by atoms with van der Waals surface area (Å²) in [6.07, 6.45) is 14.3. The van der Waals surface area contributed by atoms with Crippen LogP contribution in [0.4, 0.5) is 4.79 Å². The van der Waals surface area contributed by atoms with Gasteiger partial charge in [-0.05, 0) is 97.3 Å². The fourth-order valence-corrected chi connectivity index (χ4v) is 11.4. The Morgan fingerprint density at radius 1 is 0.917 bits per heavy atom. The lowest BCUT2D eigenvalue weighted by atomic mass is 9.34. The number of nitrogens with zero attached hydrogens (tertiary/aromatic N) is 3. The molecule has 8 nitrogen and oxygen atoms in total. The summed E-state index contributed by atoms with van der Waals surface area (Å²) in [4.78, 5) is 20.9. The van der Waals surface area contributed by atoms with Gasteiger partial charge in [0, 0.05) is 68.9 Å². The fourth-order valence-electron chi connectivity index (χ4n) is 11.4. The maximum absolute atomic E-state index is 13.8. The highest BCUT2D eigenvalue weighted by Gasteiger charge is 2.67. The van der Waals surface area contributed by atoms with Gasteiger partial charge in [-0.2, -0.15) is 0 Å². The van der Waals surface area contributed by atoms with Crippen molar-refractivity contribution in [2.24, 2.45) is 27.6 Å². The zero-order valence-corrected chi connectivity index (χ0v) is 30.4. The molecule has 2 amide bonds. The second-order valence-corrected chi connectivity index (χ2v) is 17.5. The Bertz CT molecular complexity index is 1530. The van der Waals surface area contributed by atoms with E-state index in [1.165, 1.54) is 41.5 Å². The van der Waals surface area contributed by atoms with E-state index in [9.17, 15) is 4.79 Å². The normalized spacial score (nSPS) is 39.2. The highest BCUT2D eigenvalue weighted by atomic mass is 16.7. The van der Waals surface area contributed by atoms with Crippen molar-refractivity contribution in [1.82, 2.24) is 20.0 Å². The number of carbonyl (C=O) groups excluding carboxylic acids is 1. The molecule has 3 heterocycles. The lowest BCUT2D eigenvalue weighted by molar-refractivity contribution is -0.171. The molecule has 1 aromatic carbocycles. The van der Waals surface area contributed by atoms with Crippen molar-refractivity contribution in [3.63, 3.8) is 0 Å². The maximum Gasteiger partial charge on any atom is 0.317 e. The third-order valence-electron chi connectivity index (χ3n) is 15.1. The van der Waals surface area contributed by atoms with Crippen LogP contribution in [0.2, 0.25) is 0 Å². The summed E-state index contributed by atoms with van der Waals surface area (Å²) in [6, 6.07) is 2.38. The predicted octanol–water partition coefficient (Wildman–Crippen LogP) is 6.57. The Hall–Kier alpha value is -2.55. The highest BCUT2D eigenvalue weighted by Crippen LogP contribution is 2.75. The van der Waals surface area contributed by atoms with Crippen LogP contribution in [0, 0.1) is 34.5 Å². The van der Waals surface area contributed by atoms with E-state index in [0.717, 1.165) is 96.3 Å². The van der Waals surface area contributed by atoms with Gasteiger partial charge in [-0.1, -0.05) is 45.9 Å². The Balaban J connectivity index is 0.990. The zero-order chi connectivity index (χ0) is 33.5. The van der Waals surface area contributed by atoms with E-state index in [0.29, 0.717) is 12.7 Å². The number of nitrogens with one attached hydrogen (secondary N) is 1. The van der Waals surface area contributed by atoms with Gasteiger partial charge in [0.15, 0.2) is 11.5 Å². The molecule has 0 aromatic heterocycles. The van der Waals surface area contributed by atoms with E-state index in [1.54, 1.807) is 0 Å². The summed E-state index contributed by atoms with van der Waals surface area (Å²) in [6.45, 7) is 24.5. The van der Waals surface area contributed by atoms with Crippen molar-refractivity contribution in [1.29, 1.82) is 0 Å². The molecule has 4 aliphatic carbocycles. The zero-order valence-electron chi connectivity index (χ0n) is 30.4. The van der Waals surface area contributed by atoms with Crippen LogP contribution < -0.4 is 14.8 Å². The summed E-state index contributed by atoms with van der Waals surface area (Å²) < 4.78 is 17.3. The molecule has 0 unspecified atom stereocenters. The molecule has 2 saturated heterocycles. The number of urea groups is 1. The van der Waals surface area contributed by atoms with E-state index in [-0.39, 0.29) is 33.2 Å². The van der Waals surface area contributed by atoms with Gasteiger partial charge in [0.1, 0.15) is 0 Å². The van der Waals surface area contributed by atoms with Crippen LogP contribution in [0.15, 0.2) is 18.2 Å². The number of ether oxygens (including phenoxy) is 3. The second kappa shape index (κ2) is 11.5. The van der Waals surface area contributed by atoms with Crippen molar-refractivity contribution >= 4 is 17.7 Å². The minimum Gasteiger partial charge on any atom is -0.454 e. The molecular formula is C40H58N4O4. The maximum atomic E-state index is 13.8. The lowest BCUT2D eigenvalue weighted by Gasteiger charge is -2.71.